The van der Waals surface area contributed by atoms with Gasteiger partial charge in [-0.3, -0.25) is 4.57 Å². The predicted octanol–water partition coefficient (Wildman–Crippen LogP) is 4.00. The Morgan fingerprint density at radius 1 is 1.13 bits per heavy atom. The molecule has 0 saturated carbocycles. The number of aromatic nitrogens is 5. The van der Waals surface area contributed by atoms with Crippen LogP contribution in [0.5, 0.6) is 0 Å². The first kappa shape index (κ1) is 18.6. The van der Waals surface area contributed by atoms with E-state index in [2.05, 4.69) is 44.6 Å². The highest BCUT2D eigenvalue weighted by molar-refractivity contribution is 6.31. The average molecular weight is 416 g/mol. The lowest BCUT2D eigenvalue weighted by Crippen LogP contribution is -2.09. The van der Waals surface area contributed by atoms with Gasteiger partial charge in [-0.05, 0) is 42.7 Å². The minimum Gasteiger partial charge on any atom is -0.377 e. The van der Waals surface area contributed by atoms with Crippen molar-refractivity contribution >= 4 is 11.6 Å². The molecule has 3 heterocycles. The number of imidazole rings is 1. The third kappa shape index (κ3) is 3.09. The van der Waals surface area contributed by atoms with Crippen LogP contribution in [0.4, 0.5) is 0 Å². The number of ether oxygens (including phenoxy) is 1. The van der Waals surface area contributed by atoms with Gasteiger partial charge in [-0.1, -0.05) is 35.7 Å². The van der Waals surface area contributed by atoms with Crippen LogP contribution in [0.3, 0.4) is 0 Å². The Balaban J connectivity index is 1.70. The molecule has 1 aliphatic heterocycles. The Morgan fingerprint density at radius 3 is 2.83 bits per heavy atom. The van der Waals surface area contributed by atoms with Crippen LogP contribution in [0, 0.1) is 18.8 Å². The van der Waals surface area contributed by atoms with Gasteiger partial charge in [0.25, 0.3) is 0 Å². The van der Waals surface area contributed by atoms with E-state index in [0.717, 1.165) is 45.4 Å². The monoisotopic (exact) mass is 415 g/mol. The molecule has 5 rings (SSSR count). The molecule has 7 heteroatoms. The average Bonchev–Trinajstić information content (AvgIpc) is 3.29. The smallest absolute Gasteiger partial charge is 0.166 e. The second-order valence-corrected chi connectivity index (χ2v) is 7.53. The summed E-state index contributed by atoms with van der Waals surface area (Å²) < 4.78 is 9.42. The predicted molar refractivity (Wildman–Crippen MR) is 115 cm³/mol. The molecule has 0 radical (unpaired) electrons. The van der Waals surface area contributed by atoms with E-state index in [1.54, 1.807) is 13.4 Å². The zero-order chi connectivity index (χ0) is 20.7. The molecule has 1 aliphatic rings. The quantitative estimate of drug-likeness (QED) is 0.409. The number of fused-ring (bicyclic) bond motifs is 5. The summed E-state index contributed by atoms with van der Waals surface area (Å²) in [6.45, 7) is 2.95. The molecule has 0 amide bonds. The van der Waals surface area contributed by atoms with E-state index in [0.29, 0.717) is 18.2 Å². The second-order valence-electron chi connectivity index (χ2n) is 7.10. The van der Waals surface area contributed by atoms with Crippen LogP contribution in [-0.2, 0) is 17.9 Å². The number of hydrogen-bond donors (Lipinski definition) is 0. The molecule has 2 aromatic carbocycles. The summed E-state index contributed by atoms with van der Waals surface area (Å²) in [4.78, 5) is 4.61. The zero-order valence-electron chi connectivity index (χ0n) is 16.6. The minimum absolute atomic E-state index is 0.362. The first-order valence-corrected chi connectivity index (χ1v) is 9.88. The summed E-state index contributed by atoms with van der Waals surface area (Å²) in [7, 11) is 1.65. The lowest BCUT2D eigenvalue weighted by Gasteiger charge is -2.08. The van der Waals surface area contributed by atoms with Crippen molar-refractivity contribution in [2.24, 2.45) is 0 Å². The minimum atomic E-state index is 0.362. The van der Waals surface area contributed by atoms with Crippen LogP contribution < -0.4 is 0 Å². The highest BCUT2D eigenvalue weighted by atomic mass is 35.5. The summed E-state index contributed by atoms with van der Waals surface area (Å²) >= 11 is 6.30. The molecule has 0 bridgehead atoms. The van der Waals surface area contributed by atoms with Gasteiger partial charge in [0.1, 0.15) is 18.6 Å². The third-order valence-electron chi connectivity index (χ3n) is 5.19. The molecule has 148 valence electrons. The summed E-state index contributed by atoms with van der Waals surface area (Å²) in [6.07, 6.45) is 1.81. The summed E-state index contributed by atoms with van der Waals surface area (Å²) in [6, 6.07) is 13.8. The Morgan fingerprint density at radius 2 is 2.00 bits per heavy atom. The van der Waals surface area contributed by atoms with Crippen LogP contribution >= 0.6 is 11.6 Å². The molecule has 4 aromatic rings. The Bertz CT molecular complexity index is 1330. The molecule has 0 atom stereocenters. The van der Waals surface area contributed by atoms with Gasteiger partial charge in [0.2, 0.25) is 0 Å². The molecule has 0 spiro atoms. The van der Waals surface area contributed by atoms with Crippen molar-refractivity contribution in [2.45, 2.75) is 20.1 Å². The molecule has 30 heavy (non-hydrogen) atoms. The molecular weight excluding hydrogens is 398 g/mol. The molecule has 0 saturated heterocycles. The van der Waals surface area contributed by atoms with E-state index in [9.17, 15) is 0 Å². The van der Waals surface area contributed by atoms with E-state index in [1.165, 1.54) is 0 Å². The molecule has 0 unspecified atom stereocenters. The van der Waals surface area contributed by atoms with E-state index in [4.69, 9.17) is 16.3 Å². The van der Waals surface area contributed by atoms with E-state index >= 15 is 0 Å². The first-order valence-electron chi connectivity index (χ1n) is 9.51. The maximum atomic E-state index is 6.30. The molecular formula is C23H18ClN5O. The van der Waals surface area contributed by atoms with Gasteiger partial charge >= 0.3 is 0 Å². The highest BCUT2D eigenvalue weighted by Gasteiger charge is 2.25. The molecule has 0 aliphatic carbocycles. The SMILES string of the molecule is COCc1nnc2n1Cc1c(C#Cc3ccccc3C)ncn1-c1ccc(Cl)cc1-2. The first-order chi connectivity index (χ1) is 14.7. The van der Waals surface area contributed by atoms with E-state index in [-0.39, 0.29) is 0 Å². The van der Waals surface area contributed by atoms with E-state index < -0.39 is 0 Å². The number of methoxy groups -OCH3 is 1. The van der Waals surface area contributed by atoms with Gasteiger partial charge in [-0.25, -0.2) is 4.98 Å². The molecule has 6 nitrogen and oxygen atoms in total. The van der Waals surface area contributed by atoms with Crippen molar-refractivity contribution in [3.05, 3.63) is 82.2 Å². The molecule has 2 aromatic heterocycles. The topological polar surface area (TPSA) is 57.8 Å². The fourth-order valence-corrected chi connectivity index (χ4v) is 3.83. The van der Waals surface area contributed by atoms with Crippen molar-refractivity contribution in [2.75, 3.05) is 7.11 Å². The fraction of sp³-hybridized carbons (Fsp3) is 0.174. The second kappa shape index (κ2) is 7.45. The Kier molecular flexibility index (Phi) is 4.62. The Labute approximate surface area is 179 Å². The summed E-state index contributed by atoms with van der Waals surface area (Å²) in [5.74, 6) is 8.02. The van der Waals surface area contributed by atoms with Gasteiger partial charge in [-0.15, -0.1) is 10.2 Å². The van der Waals surface area contributed by atoms with Crippen LogP contribution in [0.2, 0.25) is 5.02 Å². The van der Waals surface area contributed by atoms with Crippen molar-refractivity contribution in [3.63, 3.8) is 0 Å². The third-order valence-corrected chi connectivity index (χ3v) is 5.43. The number of nitrogens with zero attached hydrogens (tertiary/aromatic N) is 5. The van der Waals surface area contributed by atoms with Crippen LogP contribution in [0.25, 0.3) is 17.1 Å². The number of hydrogen-bond acceptors (Lipinski definition) is 4. The maximum absolute atomic E-state index is 6.30. The molecule has 0 fully saturated rings. The van der Waals surface area contributed by atoms with Gasteiger partial charge in [0.05, 0.1) is 17.9 Å². The number of rotatable bonds is 2. The maximum Gasteiger partial charge on any atom is 0.166 e. The van der Waals surface area contributed by atoms with Crippen molar-refractivity contribution in [1.82, 2.24) is 24.3 Å². The zero-order valence-corrected chi connectivity index (χ0v) is 17.3. The van der Waals surface area contributed by atoms with Crippen molar-refractivity contribution in [3.8, 4) is 28.9 Å². The van der Waals surface area contributed by atoms with Gasteiger partial charge in [-0.2, -0.15) is 0 Å². The summed E-state index contributed by atoms with van der Waals surface area (Å²) in [5.41, 5.74) is 5.66. The van der Waals surface area contributed by atoms with Gasteiger partial charge in [0, 0.05) is 23.3 Å². The highest BCUT2D eigenvalue weighted by Crippen LogP contribution is 2.34. The number of benzene rings is 2. The Hall–Kier alpha value is -3.40. The van der Waals surface area contributed by atoms with Crippen LogP contribution in [-0.4, -0.2) is 31.4 Å². The van der Waals surface area contributed by atoms with Crippen LogP contribution in [0.15, 0.2) is 48.8 Å². The van der Waals surface area contributed by atoms with E-state index in [1.807, 2.05) is 41.0 Å². The fourth-order valence-electron chi connectivity index (χ4n) is 3.66. The standard InChI is InChI=1S/C23H18ClN5O/c1-15-5-3-4-6-16(15)7-9-19-21-12-28-22(13-30-2)26-27-23(28)18-11-17(24)8-10-20(18)29(21)14-25-19/h3-6,8,10-11,14H,12-13H2,1-2H3. The largest absolute Gasteiger partial charge is 0.377 e. The van der Waals surface area contributed by atoms with Crippen LogP contribution in [0.1, 0.15) is 28.3 Å². The van der Waals surface area contributed by atoms with Gasteiger partial charge in [0.15, 0.2) is 11.6 Å². The van der Waals surface area contributed by atoms with Crippen molar-refractivity contribution < 1.29 is 4.74 Å². The molecule has 0 N–H and O–H groups in total. The lowest BCUT2D eigenvalue weighted by atomic mass is 10.1. The number of halogens is 1. The van der Waals surface area contributed by atoms with Crippen molar-refractivity contribution in [1.29, 1.82) is 0 Å². The normalized spacial score (nSPS) is 11.7. The number of aryl methyl sites for hydroxylation is 1. The summed E-state index contributed by atoms with van der Waals surface area (Å²) in [5, 5.41) is 9.39. The van der Waals surface area contributed by atoms with Gasteiger partial charge < -0.3 is 9.30 Å². The lowest BCUT2D eigenvalue weighted by molar-refractivity contribution is 0.174.